The topological polar surface area (TPSA) is 48.5 Å². The van der Waals surface area contributed by atoms with E-state index >= 15 is 0 Å². The molecule has 0 atom stereocenters. The van der Waals surface area contributed by atoms with E-state index in [2.05, 4.69) is 234 Å². The third kappa shape index (κ3) is 6.72. The number of benzene rings is 10. The lowest BCUT2D eigenvalue weighted by molar-refractivity contribution is 1.07. The molecule has 5 nitrogen and oxygen atoms in total. The standard InChI is InChI=1S/C63H43N5Si/c1-7-22-44(23-8-1)61-64-62(45-24-9-2-10-25-45)66-63(65-61)46-26-21-29-48(40-46)68-58-39-38-52(69(49-30-13-4-14-31-49,50-32-15-5-16-33-50)51-34-17-6-18-35-51)41-54(58)56-42-55-53-36-19-20-37-57(53)67(59(55)43-60(56)68)47-27-11-3-12-28-47/h1-43H. The first-order valence-corrected chi connectivity index (χ1v) is 25.4. The summed E-state index contributed by atoms with van der Waals surface area (Å²) >= 11 is 0. The van der Waals surface area contributed by atoms with Crippen molar-refractivity contribution in [2.45, 2.75) is 0 Å². The van der Waals surface area contributed by atoms with Gasteiger partial charge in [0.15, 0.2) is 25.5 Å². The quantitative estimate of drug-likeness (QED) is 0.107. The van der Waals surface area contributed by atoms with Crippen molar-refractivity contribution < 1.29 is 0 Å². The first-order chi connectivity index (χ1) is 34.2. The van der Waals surface area contributed by atoms with Gasteiger partial charge in [-0.3, -0.25) is 0 Å². The van der Waals surface area contributed by atoms with Crippen LogP contribution >= 0.6 is 0 Å². The van der Waals surface area contributed by atoms with E-state index in [4.69, 9.17) is 15.0 Å². The SMILES string of the molecule is c1ccc(-c2nc(-c3ccccc3)nc(-c3cccc(-n4c5ccc([Si](c6ccccc6)(c6ccccc6)c6ccccc6)cc5c5cc6c7ccccc7n(-c7ccccc7)c6cc54)c3)n2)cc1. The monoisotopic (exact) mass is 897 g/mol. The molecule has 0 aliphatic rings. The molecular formula is C63H43N5Si. The minimum atomic E-state index is -2.87. The number of hydrogen-bond acceptors (Lipinski definition) is 3. The number of aromatic nitrogens is 5. The van der Waals surface area contributed by atoms with Crippen LogP contribution < -0.4 is 20.7 Å². The van der Waals surface area contributed by atoms with Crippen molar-refractivity contribution in [3.8, 4) is 45.5 Å². The second kappa shape index (κ2) is 16.7. The Hall–Kier alpha value is -8.97. The molecule has 10 aromatic carbocycles. The lowest BCUT2D eigenvalue weighted by Crippen LogP contribution is -2.74. The van der Waals surface area contributed by atoms with Crippen molar-refractivity contribution in [2.24, 2.45) is 0 Å². The van der Waals surface area contributed by atoms with Crippen LogP contribution in [0.25, 0.3) is 89.2 Å². The maximum atomic E-state index is 5.15. The van der Waals surface area contributed by atoms with E-state index in [1.165, 1.54) is 47.8 Å². The maximum Gasteiger partial charge on any atom is 0.179 e. The average molecular weight is 898 g/mol. The summed E-state index contributed by atoms with van der Waals surface area (Å²) in [6.45, 7) is 0. The van der Waals surface area contributed by atoms with Gasteiger partial charge in [0, 0.05) is 49.6 Å². The largest absolute Gasteiger partial charge is 0.309 e. The summed E-state index contributed by atoms with van der Waals surface area (Å²) in [5.41, 5.74) is 9.47. The molecule has 13 aromatic rings. The normalized spacial score (nSPS) is 11.8. The molecule has 3 heterocycles. The van der Waals surface area contributed by atoms with E-state index in [1.807, 2.05) is 36.4 Å². The van der Waals surface area contributed by atoms with Crippen molar-refractivity contribution in [2.75, 3.05) is 0 Å². The number of nitrogens with zero attached hydrogens (tertiary/aromatic N) is 5. The highest BCUT2D eigenvalue weighted by molar-refractivity contribution is 7.20. The molecule has 0 fully saturated rings. The highest BCUT2D eigenvalue weighted by Gasteiger charge is 2.41. The van der Waals surface area contributed by atoms with Crippen molar-refractivity contribution >= 4 is 72.4 Å². The molecule has 0 unspecified atom stereocenters. The lowest BCUT2D eigenvalue weighted by atomic mass is 10.1. The van der Waals surface area contributed by atoms with Crippen LogP contribution in [-0.4, -0.2) is 32.2 Å². The summed E-state index contributed by atoms with van der Waals surface area (Å²) in [7, 11) is -2.87. The Kier molecular flexibility index (Phi) is 9.77. The van der Waals surface area contributed by atoms with E-state index in [9.17, 15) is 0 Å². The predicted molar refractivity (Wildman–Crippen MR) is 288 cm³/mol. The van der Waals surface area contributed by atoms with Gasteiger partial charge in [0.1, 0.15) is 0 Å². The van der Waals surface area contributed by atoms with Crippen LogP contribution in [0.2, 0.25) is 0 Å². The molecular weight excluding hydrogens is 855 g/mol. The molecule has 0 saturated carbocycles. The highest BCUT2D eigenvalue weighted by Crippen LogP contribution is 2.40. The first-order valence-electron chi connectivity index (χ1n) is 23.4. The molecule has 0 bridgehead atoms. The number of para-hydroxylation sites is 2. The van der Waals surface area contributed by atoms with Crippen LogP contribution in [0.3, 0.4) is 0 Å². The third-order valence-corrected chi connectivity index (χ3v) is 18.5. The Morgan fingerprint density at radius 2 is 0.652 bits per heavy atom. The molecule has 69 heavy (non-hydrogen) atoms. The molecule has 0 spiro atoms. The van der Waals surface area contributed by atoms with Crippen LogP contribution in [0, 0.1) is 0 Å². The Morgan fingerprint density at radius 3 is 1.22 bits per heavy atom. The van der Waals surface area contributed by atoms with E-state index in [0.29, 0.717) is 17.5 Å². The van der Waals surface area contributed by atoms with Gasteiger partial charge in [-0.05, 0) is 69.3 Å². The van der Waals surface area contributed by atoms with Gasteiger partial charge < -0.3 is 9.13 Å². The summed E-state index contributed by atoms with van der Waals surface area (Å²) < 4.78 is 4.85. The molecule has 0 N–H and O–H groups in total. The Labute approximate surface area is 400 Å². The van der Waals surface area contributed by atoms with Gasteiger partial charge in [-0.2, -0.15) is 0 Å². The van der Waals surface area contributed by atoms with E-state index in [-0.39, 0.29) is 0 Å². The molecule has 0 radical (unpaired) electrons. The van der Waals surface area contributed by atoms with Crippen LogP contribution in [-0.2, 0) is 0 Å². The smallest absolute Gasteiger partial charge is 0.179 e. The molecule has 0 saturated heterocycles. The fourth-order valence-corrected chi connectivity index (χ4v) is 15.4. The second-order valence-corrected chi connectivity index (χ2v) is 21.4. The summed E-state index contributed by atoms with van der Waals surface area (Å²) in [5.74, 6) is 1.88. The van der Waals surface area contributed by atoms with Crippen LogP contribution in [0.1, 0.15) is 0 Å². The van der Waals surface area contributed by atoms with Crippen molar-refractivity contribution in [3.05, 3.63) is 261 Å². The summed E-state index contributed by atoms with van der Waals surface area (Å²) in [4.78, 5) is 15.3. The van der Waals surface area contributed by atoms with Gasteiger partial charge in [-0.15, -0.1) is 0 Å². The van der Waals surface area contributed by atoms with E-state index in [0.717, 1.165) is 44.6 Å². The molecule has 13 rings (SSSR count). The average Bonchev–Trinajstić information content (AvgIpc) is 3.93. The van der Waals surface area contributed by atoms with Crippen LogP contribution in [0.5, 0.6) is 0 Å². The van der Waals surface area contributed by atoms with Crippen LogP contribution in [0.4, 0.5) is 0 Å². The fourth-order valence-electron chi connectivity index (χ4n) is 10.6. The summed E-state index contributed by atoms with van der Waals surface area (Å²) in [5, 5.41) is 10.2. The maximum absolute atomic E-state index is 5.15. The Bertz CT molecular complexity index is 3830. The molecule has 3 aromatic heterocycles. The van der Waals surface area contributed by atoms with Crippen molar-refractivity contribution in [3.63, 3.8) is 0 Å². The van der Waals surface area contributed by atoms with E-state index < -0.39 is 8.07 Å². The summed E-state index contributed by atoms with van der Waals surface area (Å²) in [6, 6.07) is 94.2. The molecule has 6 heteroatoms. The van der Waals surface area contributed by atoms with Gasteiger partial charge >= 0.3 is 0 Å². The van der Waals surface area contributed by atoms with Crippen molar-refractivity contribution in [1.82, 2.24) is 24.1 Å². The second-order valence-electron chi connectivity index (χ2n) is 17.6. The zero-order valence-corrected chi connectivity index (χ0v) is 38.6. The first kappa shape index (κ1) is 40.3. The zero-order valence-electron chi connectivity index (χ0n) is 37.6. The molecule has 324 valence electrons. The number of hydrogen-bond donors (Lipinski definition) is 0. The van der Waals surface area contributed by atoms with Gasteiger partial charge in [-0.1, -0.05) is 212 Å². The minimum absolute atomic E-state index is 0.614. The number of rotatable bonds is 9. The van der Waals surface area contributed by atoms with Gasteiger partial charge in [0.05, 0.1) is 22.1 Å². The van der Waals surface area contributed by atoms with Gasteiger partial charge in [0.25, 0.3) is 0 Å². The van der Waals surface area contributed by atoms with Gasteiger partial charge in [0.2, 0.25) is 0 Å². The summed E-state index contributed by atoms with van der Waals surface area (Å²) in [6.07, 6.45) is 0. The zero-order chi connectivity index (χ0) is 45.7. The van der Waals surface area contributed by atoms with Gasteiger partial charge in [-0.25, -0.2) is 15.0 Å². The number of fused-ring (bicyclic) bond motifs is 6. The fraction of sp³-hybridized carbons (Fsp3) is 0. The Morgan fingerprint density at radius 1 is 0.246 bits per heavy atom. The van der Waals surface area contributed by atoms with Crippen molar-refractivity contribution in [1.29, 1.82) is 0 Å². The lowest BCUT2D eigenvalue weighted by Gasteiger charge is -2.34. The van der Waals surface area contributed by atoms with E-state index in [1.54, 1.807) is 0 Å². The predicted octanol–water partition coefficient (Wildman–Crippen LogP) is 12.4. The third-order valence-electron chi connectivity index (χ3n) is 13.7. The molecule has 0 aliphatic heterocycles. The molecule has 0 aliphatic carbocycles. The van der Waals surface area contributed by atoms with Crippen LogP contribution in [0.15, 0.2) is 261 Å². The minimum Gasteiger partial charge on any atom is -0.309 e. The highest BCUT2D eigenvalue weighted by atomic mass is 28.3. The Balaban J connectivity index is 1.11. The molecule has 0 amide bonds.